The van der Waals surface area contributed by atoms with Crippen molar-refractivity contribution in [1.29, 1.82) is 0 Å². The fourth-order valence-corrected chi connectivity index (χ4v) is 1.78. The standard InChI is InChI=1S/C7H10O2.C2H6/c1-7(2)4-3-9-6(8)5(4)7;1-2/h4-5H,3H2,1-2H3;1-2H3. The Balaban J connectivity index is 0.000000281. The van der Waals surface area contributed by atoms with Crippen molar-refractivity contribution >= 4 is 5.97 Å². The summed E-state index contributed by atoms with van der Waals surface area (Å²) in [6, 6.07) is 0. The van der Waals surface area contributed by atoms with Gasteiger partial charge in [-0.05, 0) is 5.41 Å². The predicted octanol–water partition coefficient (Wildman–Crippen LogP) is 1.84. The van der Waals surface area contributed by atoms with E-state index in [4.69, 9.17) is 4.74 Å². The van der Waals surface area contributed by atoms with Crippen molar-refractivity contribution in [1.82, 2.24) is 0 Å². The van der Waals surface area contributed by atoms with Crippen LogP contribution in [0.15, 0.2) is 0 Å². The predicted molar refractivity (Wildman–Crippen MR) is 43.1 cm³/mol. The van der Waals surface area contributed by atoms with Gasteiger partial charge in [0.05, 0.1) is 12.5 Å². The molecule has 2 unspecified atom stereocenters. The summed E-state index contributed by atoms with van der Waals surface area (Å²) in [6.45, 7) is 8.92. The molecule has 11 heavy (non-hydrogen) atoms. The molecule has 0 aromatic heterocycles. The van der Waals surface area contributed by atoms with Gasteiger partial charge in [0.1, 0.15) is 0 Å². The molecule has 2 heteroatoms. The third kappa shape index (κ3) is 1.05. The van der Waals surface area contributed by atoms with Crippen LogP contribution in [0.25, 0.3) is 0 Å². The van der Waals surface area contributed by atoms with Crippen LogP contribution in [-0.4, -0.2) is 12.6 Å². The highest BCUT2D eigenvalue weighted by Crippen LogP contribution is 2.61. The molecular formula is C9H16O2. The molecule has 2 fully saturated rings. The lowest BCUT2D eigenvalue weighted by molar-refractivity contribution is -0.142. The first-order chi connectivity index (χ1) is 5.14. The molecule has 0 amide bonds. The lowest BCUT2D eigenvalue weighted by Crippen LogP contribution is -2.09. The van der Waals surface area contributed by atoms with Crippen LogP contribution in [0.5, 0.6) is 0 Å². The van der Waals surface area contributed by atoms with E-state index in [2.05, 4.69) is 13.8 Å². The summed E-state index contributed by atoms with van der Waals surface area (Å²) in [5.41, 5.74) is 0.259. The van der Waals surface area contributed by atoms with Crippen molar-refractivity contribution in [3.63, 3.8) is 0 Å². The van der Waals surface area contributed by atoms with Gasteiger partial charge in [0.25, 0.3) is 0 Å². The Hall–Kier alpha value is -0.530. The van der Waals surface area contributed by atoms with Gasteiger partial charge in [-0.2, -0.15) is 0 Å². The maximum absolute atomic E-state index is 10.8. The van der Waals surface area contributed by atoms with Crippen molar-refractivity contribution in [2.45, 2.75) is 27.7 Å². The molecule has 2 rings (SSSR count). The number of carbonyl (C=O) groups excluding carboxylic acids is 1. The van der Waals surface area contributed by atoms with Crippen LogP contribution in [0.4, 0.5) is 0 Å². The highest BCUT2D eigenvalue weighted by molar-refractivity contribution is 5.80. The normalized spacial score (nSPS) is 36.5. The SMILES string of the molecule is CC.CC1(C)C2COC(=O)C21. The van der Waals surface area contributed by atoms with Crippen LogP contribution in [-0.2, 0) is 9.53 Å². The molecule has 0 radical (unpaired) electrons. The van der Waals surface area contributed by atoms with Crippen molar-refractivity contribution in [2.24, 2.45) is 17.3 Å². The van der Waals surface area contributed by atoms with E-state index in [1.54, 1.807) is 0 Å². The number of cyclic esters (lactones) is 1. The van der Waals surface area contributed by atoms with Crippen LogP contribution >= 0.6 is 0 Å². The van der Waals surface area contributed by atoms with Gasteiger partial charge in [0.15, 0.2) is 0 Å². The van der Waals surface area contributed by atoms with E-state index < -0.39 is 0 Å². The van der Waals surface area contributed by atoms with Gasteiger partial charge in [0, 0.05) is 5.92 Å². The van der Waals surface area contributed by atoms with Crippen molar-refractivity contribution in [3.05, 3.63) is 0 Å². The highest BCUT2D eigenvalue weighted by Gasteiger charge is 2.66. The van der Waals surface area contributed by atoms with Crippen LogP contribution in [0, 0.1) is 17.3 Å². The van der Waals surface area contributed by atoms with Gasteiger partial charge in [0.2, 0.25) is 0 Å². The van der Waals surface area contributed by atoms with Gasteiger partial charge in [-0.1, -0.05) is 27.7 Å². The number of fused-ring (bicyclic) bond motifs is 1. The third-order valence-electron chi connectivity index (χ3n) is 2.71. The maximum atomic E-state index is 10.8. The molecule has 1 saturated carbocycles. The van der Waals surface area contributed by atoms with Crippen LogP contribution in [0.3, 0.4) is 0 Å². The zero-order valence-corrected chi connectivity index (χ0v) is 7.68. The Kier molecular flexibility index (Phi) is 1.95. The molecular weight excluding hydrogens is 140 g/mol. The Bertz CT molecular complexity index is 172. The molecule has 2 nitrogen and oxygen atoms in total. The number of esters is 1. The fraction of sp³-hybridized carbons (Fsp3) is 0.889. The summed E-state index contributed by atoms with van der Waals surface area (Å²) in [5, 5.41) is 0. The summed E-state index contributed by atoms with van der Waals surface area (Å²) >= 11 is 0. The van der Waals surface area contributed by atoms with Crippen molar-refractivity contribution in [3.8, 4) is 0 Å². The molecule has 0 spiro atoms. The summed E-state index contributed by atoms with van der Waals surface area (Å²) in [4.78, 5) is 10.8. The van der Waals surface area contributed by atoms with Crippen molar-refractivity contribution < 1.29 is 9.53 Å². The van der Waals surface area contributed by atoms with Crippen LogP contribution < -0.4 is 0 Å². The molecule has 0 aromatic carbocycles. The van der Waals surface area contributed by atoms with Gasteiger partial charge >= 0.3 is 5.97 Å². The van der Waals surface area contributed by atoms with Gasteiger partial charge in [-0.15, -0.1) is 0 Å². The summed E-state index contributed by atoms with van der Waals surface area (Å²) in [6.07, 6.45) is 0. The lowest BCUT2D eigenvalue weighted by atomic mass is 10.1. The topological polar surface area (TPSA) is 26.3 Å². The maximum Gasteiger partial charge on any atom is 0.309 e. The minimum absolute atomic E-state index is 0.0185. The Morgan fingerprint density at radius 3 is 2.18 bits per heavy atom. The quantitative estimate of drug-likeness (QED) is 0.500. The van der Waals surface area contributed by atoms with Gasteiger partial charge in [-0.3, -0.25) is 4.79 Å². The van der Waals surface area contributed by atoms with E-state index in [1.807, 2.05) is 13.8 Å². The largest absolute Gasteiger partial charge is 0.465 e. The third-order valence-corrected chi connectivity index (χ3v) is 2.71. The van der Waals surface area contributed by atoms with Crippen LogP contribution in [0.2, 0.25) is 0 Å². The number of hydrogen-bond acceptors (Lipinski definition) is 2. The first-order valence-electron chi connectivity index (χ1n) is 4.30. The Morgan fingerprint density at radius 2 is 2.00 bits per heavy atom. The minimum Gasteiger partial charge on any atom is -0.465 e. The molecule has 64 valence electrons. The Morgan fingerprint density at radius 1 is 1.45 bits per heavy atom. The van der Waals surface area contributed by atoms with E-state index in [-0.39, 0.29) is 17.3 Å². The molecule has 2 aliphatic rings. The molecule has 1 aliphatic heterocycles. The number of hydrogen-bond donors (Lipinski definition) is 0. The lowest BCUT2D eigenvalue weighted by Gasteiger charge is -2.05. The average Bonchev–Trinajstić information content (AvgIpc) is 2.36. The molecule has 1 heterocycles. The summed E-state index contributed by atoms with van der Waals surface area (Å²) in [7, 11) is 0. The number of rotatable bonds is 0. The summed E-state index contributed by atoms with van der Waals surface area (Å²) < 4.78 is 4.81. The zero-order chi connectivity index (χ0) is 8.65. The van der Waals surface area contributed by atoms with E-state index in [0.29, 0.717) is 12.5 Å². The van der Waals surface area contributed by atoms with Crippen LogP contribution in [0.1, 0.15) is 27.7 Å². The van der Waals surface area contributed by atoms with Gasteiger partial charge in [-0.25, -0.2) is 0 Å². The second-order valence-corrected chi connectivity index (χ2v) is 3.54. The molecule has 0 bridgehead atoms. The molecule has 0 aromatic rings. The van der Waals surface area contributed by atoms with E-state index in [9.17, 15) is 4.79 Å². The molecule has 2 atom stereocenters. The molecule has 1 aliphatic carbocycles. The second kappa shape index (κ2) is 2.50. The van der Waals surface area contributed by atoms with E-state index in [1.165, 1.54) is 0 Å². The molecule has 1 saturated heterocycles. The fourth-order valence-electron chi connectivity index (χ4n) is 1.78. The minimum atomic E-state index is 0.0185. The summed E-state index contributed by atoms with van der Waals surface area (Å²) in [5.74, 6) is 0.785. The second-order valence-electron chi connectivity index (χ2n) is 3.54. The number of ether oxygens (including phenoxy) is 1. The Labute approximate surface area is 67.9 Å². The molecule has 0 N–H and O–H groups in total. The smallest absolute Gasteiger partial charge is 0.309 e. The first-order valence-corrected chi connectivity index (χ1v) is 4.30. The number of carbonyl (C=O) groups is 1. The van der Waals surface area contributed by atoms with Crippen molar-refractivity contribution in [2.75, 3.05) is 6.61 Å². The zero-order valence-electron chi connectivity index (χ0n) is 7.68. The average molecular weight is 156 g/mol. The van der Waals surface area contributed by atoms with Gasteiger partial charge < -0.3 is 4.74 Å². The first kappa shape index (κ1) is 8.57. The van der Waals surface area contributed by atoms with E-state index >= 15 is 0 Å². The highest BCUT2D eigenvalue weighted by atomic mass is 16.5. The monoisotopic (exact) mass is 156 g/mol. The van der Waals surface area contributed by atoms with E-state index in [0.717, 1.165) is 0 Å².